The van der Waals surface area contributed by atoms with Crippen molar-refractivity contribution in [3.63, 3.8) is 0 Å². The number of nitro benzene ring substituents is 1. The Labute approximate surface area is 176 Å². The zero-order valence-corrected chi connectivity index (χ0v) is 16.2. The molecule has 0 aliphatic carbocycles. The van der Waals surface area contributed by atoms with Crippen LogP contribution in [0, 0.1) is 10.1 Å². The maximum absolute atomic E-state index is 13.4. The maximum Gasteiger partial charge on any atom is 0.291 e. The first-order valence-electron chi connectivity index (χ1n) is 9.69. The van der Waals surface area contributed by atoms with E-state index in [4.69, 9.17) is 4.42 Å². The normalized spacial score (nSPS) is 15.3. The van der Waals surface area contributed by atoms with Crippen LogP contribution in [0.15, 0.2) is 88.1 Å². The van der Waals surface area contributed by atoms with Crippen LogP contribution in [0.2, 0.25) is 0 Å². The lowest BCUT2D eigenvalue weighted by Gasteiger charge is -2.25. The Morgan fingerprint density at radius 2 is 1.58 bits per heavy atom. The molecule has 0 spiro atoms. The number of rotatable bonds is 4. The van der Waals surface area contributed by atoms with Crippen LogP contribution in [0.25, 0.3) is 11.0 Å². The van der Waals surface area contributed by atoms with Gasteiger partial charge in [0.25, 0.3) is 11.6 Å². The summed E-state index contributed by atoms with van der Waals surface area (Å²) in [5.41, 5.74) is 1.78. The predicted molar refractivity (Wildman–Crippen MR) is 114 cm³/mol. The molecule has 3 aromatic carbocycles. The second kappa shape index (κ2) is 7.21. The van der Waals surface area contributed by atoms with E-state index in [1.165, 1.54) is 12.1 Å². The zero-order valence-electron chi connectivity index (χ0n) is 16.2. The Hall–Kier alpha value is -4.26. The van der Waals surface area contributed by atoms with Gasteiger partial charge >= 0.3 is 0 Å². The highest BCUT2D eigenvalue weighted by Crippen LogP contribution is 2.39. The fraction of sp³-hybridized carbons (Fsp3) is 0.0833. The average molecular weight is 412 g/mol. The minimum Gasteiger partial charge on any atom is -0.450 e. The maximum atomic E-state index is 13.4. The lowest BCUT2D eigenvalue weighted by atomic mass is 9.98. The summed E-state index contributed by atoms with van der Waals surface area (Å²) < 4.78 is 5.88. The predicted octanol–water partition coefficient (Wildman–Crippen LogP) is 4.45. The first-order valence-corrected chi connectivity index (χ1v) is 9.69. The highest BCUT2D eigenvalue weighted by molar-refractivity contribution is 5.99. The van der Waals surface area contributed by atoms with Crippen molar-refractivity contribution in [1.82, 2.24) is 4.90 Å². The van der Waals surface area contributed by atoms with Gasteiger partial charge in [0.2, 0.25) is 5.76 Å². The fourth-order valence-electron chi connectivity index (χ4n) is 4.04. The van der Waals surface area contributed by atoms with Crippen molar-refractivity contribution in [3.8, 4) is 0 Å². The summed E-state index contributed by atoms with van der Waals surface area (Å²) in [7, 11) is 0. The van der Waals surface area contributed by atoms with Crippen LogP contribution in [-0.2, 0) is 6.54 Å². The van der Waals surface area contributed by atoms with E-state index in [0.29, 0.717) is 16.5 Å². The van der Waals surface area contributed by atoms with Crippen LogP contribution in [-0.4, -0.2) is 15.7 Å². The van der Waals surface area contributed by atoms with Crippen molar-refractivity contribution in [3.05, 3.63) is 122 Å². The van der Waals surface area contributed by atoms with Gasteiger partial charge in [0.05, 0.1) is 21.9 Å². The van der Waals surface area contributed by atoms with Crippen molar-refractivity contribution in [2.24, 2.45) is 0 Å². The van der Waals surface area contributed by atoms with Gasteiger partial charge in [-0.1, -0.05) is 42.5 Å². The van der Waals surface area contributed by atoms with E-state index in [9.17, 15) is 19.7 Å². The number of fused-ring (bicyclic) bond motifs is 2. The molecule has 31 heavy (non-hydrogen) atoms. The van der Waals surface area contributed by atoms with Crippen molar-refractivity contribution in [2.75, 3.05) is 0 Å². The molecule has 7 heteroatoms. The Kier molecular flexibility index (Phi) is 4.36. The molecule has 5 rings (SSSR count). The smallest absolute Gasteiger partial charge is 0.291 e. The molecule has 0 saturated heterocycles. The SMILES string of the molecule is O=C1c2oc3ccccc3c(=O)c2[C@H](c2ccc([N+](=O)[O-])cc2)N1Cc1ccccc1. The van der Waals surface area contributed by atoms with Crippen LogP contribution in [0.4, 0.5) is 5.69 Å². The molecule has 2 heterocycles. The summed E-state index contributed by atoms with van der Waals surface area (Å²) in [5.74, 6) is -0.368. The number of hydrogen-bond donors (Lipinski definition) is 0. The van der Waals surface area contributed by atoms with Crippen LogP contribution < -0.4 is 5.43 Å². The Morgan fingerprint density at radius 1 is 0.903 bits per heavy atom. The van der Waals surface area contributed by atoms with Crippen LogP contribution >= 0.6 is 0 Å². The van der Waals surface area contributed by atoms with Crippen LogP contribution in [0.5, 0.6) is 0 Å². The molecule has 0 fully saturated rings. The van der Waals surface area contributed by atoms with Gasteiger partial charge in [-0.25, -0.2) is 0 Å². The Balaban J connectivity index is 1.71. The molecule has 1 amide bonds. The van der Waals surface area contributed by atoms with E-state index >= 15 is 0 Å². The molecule has 0 bridgehead atoms. The fourth-order valence-corrected chi connectivity index (χ4v) is 4.04. The molecular formula is C24H16N2O5. The largest absolute Gasteiger partial charge is 0.450 e. The van der Waals surface area contributed by atoms with E-state index in [2.05, 4.69) is 0 Å². The van der Waals surface area contributed by atoms with Gasteiger partial charge in [-0.3, -0.25) is 19.7 Å². The van der Waals surface area contributed by atoms with Crippen molar-refractivity contribution < 1.29 is 14.1 Å². The Morgan fingerprint density at radius 3 is 2.29 bits per heavy atom. The summed E-state index contributed by atoms with van der Waals surface area (Å²) in [6.07, 6.45) is 0. The number of carbonyl (C=O) groups excluding carboxylic acids is 1. The van der Waals surface area contributed by atoms with Crippen molar-refractivity contribution in [1.29, 1.82) is 0 Å². The third kappa shape index (κ3) is 3.07. The summed E-state index contributed by atoms with van der Waals surface area (Å²) in [6, 6.07) is 21.5. The minimum atomic E-state index is -0.704. The van der Waals surface area contributed by atoms with E-state index in [-0.39, 0.29) is 34.9 Å². The average Bonchev–Trinajstić information content (AvgIpc) is 3.06. The number of para-hydroxylation sites is 1. The molecule has 0 unspecified atom stereocenters. The van der Waals surface area contributed by atoms with E-state index < -0.39 is 11.0 Å². The molecule has 0 N–H and O–H groups in total. The Bertz CT molecular complexity index is 1380. The first kappa shape index (κ1) is 18.7. The number of carbonyl (C=O) groups is 1. The molecule has 1 aliphatic heterocycles. The van der Waals surface area contributed by atoms with Gasteiger partial charge in [-0.2, -0.15) is 0 Å². The molecule has 1 aliphatic rings. The lowest BCUT2D eigenvalue weighted by Crippen LogP contribution is -2.29. The van der Waals surface area contributed by atoms with Crippen molar-refractivity contribution >= 4 is 22.6 Å². The van der Waals surface area contributed by atoms with Gasteiger partial charge in [-0.15, -0.1) is 0 Å². The molecule has 1 atom stereocenters. The molecule has 7 nitrogen and oxygen atoms in total. The highest BCUT2D eigenvalue weighted by Gasteiger charge is 2.42. The summed E-state index contributed by atoms with van der Waals surface area (Å²) in [5, 5.41) is 11.5. The number of nitrogens with zero attached hydrogens (tertiary/aromatic N) is 2. The summed E-state index contributed by atoms with van der Waals surface area (Å²) >= 11 is 0. The molecule has 0 radical (unpaired) electrons. The van der Waals surface area contributed by atoms with Gasteiger partial charge in [0, 0.05) is 18.7 Å². The first-order chi connectivity index (χ1) is 15.0. The standard InChI is InChI=1S/C24H16N2O5/c27-22-18-8-4-5-9-19(18)31-23-20(22)21(16-10-12-17(13-11-16)26(29)30)25(24(23)28)14-15-6-2-1-3-7-15/h1-13,21H,14H2/t21-/m0/s1. The van der Waals surface area contributed by atoms with E-state index in [1.54, 1.807) is 41.3 Å². The zero-order chi connectivity index (χ0) is 21.5. The molecular weight excluding hydrogens is 396 g/mol. The topological polar surface area (TPSA) is 93.7 Å². The number of hydrogen-bond acceptors (Lipinski definition) is 5. The van der Waals surface area contributed by atoms with Gasteiger partial charge in [0.15, 0.2) is 5.43 Å². The summed E-state index contributed by atoms with van der Waals surface area (Å²) in [6.45, 7) is 0.265. The molecule has 4 aromatic rings. The van der Waals surface area contributed by atoms with Crippen molar-refractivity contribution in [2.45, 2.75) is 12.6 Å². The van der Waals surface area contributed by atoms with E-state index in [0.717, 1.165) is 5.56 Å². The number of nitro groups is 1. The molecule has 1 aromatic heterocycles. The number of benzene rings is 3. The summed E-state index contributed by atoms with van der Waals surface area (Å²) in [4.78, 5) is 38.9. The molecule has 0 saturated carbocycles. The number of amides is 1. The van der Waals surface area contributed by atoms with Gasteiger partial charge in [-0.05, 0) is 35.4 Å². The minimum absolute atomic E-state index is 0.0167. The van der Waals surface area contributed by atoms with Gasteiger partial charge < -0.3 is 9.32 Å². The third-order valence-electron chi connectivity index (χ3n) is 5.49. The number of non-ortho nitro benzene ring substituents is 1. The second-order valence-corrected chi connectivity index (χ2v) is 7.34. The molecule has 152 valence electrons. The van der Waals surface area contributed by atoms with Crippen LogP contribution in [0.1, 0.15) is 33.3 Å². The highest BCUT2D eigenvalue weighted by atomic mass is 16.6. The van der Waals surface area contributed by atoms with Gasteiger partial charge in [0.1, 0.15) is 5.58 Å². The monoisotopic (exact) mass is 412 g/mol. The van der Waals surface area contributed by atoms with E-state index in [1.807, 2.05) is 30.3 Å². The van der Waals surface area contributed by atoms with Crippen LogP contribution in [0.3, 0.4) is 0 Å². The lowest BCUT2D eigenvalue weighted by molar-refractivity contribution is -0.384. The third-order valence-corrected chi connectivity index (χ3v) is 5.49. The second-order valence-electron chi connectivity index (χ2n) is 7.34. The quantitative estimate of drug-likeness (QED) is 0.365.